The number of hydrogen-bond donors (Lipinski definition) is 2. The number of halogens is 4. The van der Waals surface area contributed by atoms with Crippen LogP contribution in [0.1, 0.15) is 15.2 Å². The van der Waals surface area contributed by atoms with Crippen LogP contribution in [0.5, 0.6) is 0 Å². The van der Waals surface area contributed by atoms with Gasteiger partial charge >= 0.3 is 12.2 Å². The molecule has 0 saturated heterocycles. The fourth-order valence-electron chi connectivity index (χ4n) is 1.95. The topological polar surface area (TPSA) is 61.4 Å². The molecule has 0 fully saturated rings. The molecular formula is C16H15BrF3N3O2S. The zero-order valence-electron chi connectivity index (χ0n) is 13.6. The number of amides is 3. The van der Waals surface area contributed by atoms with Gasteiger partial charge < -0.3 is 15.5 Å². The molecule has 0 spiro atoms. The lowest BCUT2D eigenvalue weighted by molar-refractivity contribution is -0.123. The maximum atomic E-state index is 12.2. The van der Waals surface area contributed by atoms with Crippen molar-refractivity contribution in [3.63, 3.8) is 0 Å². The summed E-state index contributed by atoms with van der Waals surface area (Å²) in [6, 6.07) is 9.06. The Kier molecular flexibility index (Phi) is 6.65. The molecule has 2 N–H and O–H groups in total. The Balaban J connectivity index is 1.89. The molecule has 1 aromatic heterocycles. The van der Waals surface area contributed by atoms with Gasteiger partial charge in [0.2, 0.25) is 0 Å². The summed E-state index contributed by atoms with van der Waals surface area (Å²) in [6.07, 6.45) is -4.47. The molecule has 140 valence electrons. The van der Waals surface area contributed by atoms with Crippen molar-refractivity contribution in [1.29, 1.82) is 0 Å². The molecule has 0 aliphatic carbocycles. The molecule has 0 aliphatic rings. The van der Waals surface area contributed by atoms with Gasteiger partial charge in [-0.1, -0.05) is 0 Å². The molecule has 1 heterocycles. The van der Waals surface area contributed by atoms with Crippen molar-refractivity contribution in [3.05, 3.63) is 50.6 Å². The number of carbonyl (C=O) groups excluding carboxylic acids is 2. The number of anilines is 1. The number of nitrogens with one attached hydrogen (secondary N) is 2. The van der Waals surface area contributed by atoms with Crippen LogP contribution in [0, 0.1) is 0 Å². The van der Waals surface area contributed by atoms with Crippen LogP contribution in [-0.4, -0.2) is 36.6 Å². The normalized spacial score (nSPS) is 11.1. The number of urea groups is 1. The van der Waals surface area contributed by atoms with E-state index in [1.165, 1.54) is 40.5 Å². The van der Waals surface area contributed by atoms with Gasteiger partial charge in [-0.05, 0) is 52.3 Å². The van der Waals surface area contributed by atoms with Crippen molar-refractivity contribution < 1.29 is 22.8 Å². The van der Waals surface area contributed by atoms with Crippen molar-refractivity contribution in [3.8, 4) is 0 Å². The number of nitrogens with zero attached hydrogens (tertiary/aromatic N) is 1. The molecule has 3 amide bonds. The monoisotopic (exact) mass is 449 g/mol. The van der Waals surface area contributed by atoms with Crippen molar-refractivity contribution >= 4 is 44.9 Å². The number of hydrogen-bond acceptors (Lipinski definition) is 3. The predicted molar refractivity (Wildman–Crippen MR) is 97.3 cm³/mol. The lowest BCUT2D eigenvalue weighted by atomic mass is 10.2. The number of carbonyl (C=O) groups is 2. The SMILES string of the molecule is CN(Cc1ccc(Br)s1)C(=O)Nc1ccc(C(=O)NCC(F)(F)F)cc1. The van der Waals surface area contributed by atoms with Gasteiger partial charge in [-0.2, -0.15) is 13.2 Å². The first kappa shape index (κ1) is 20.2. The van der Waals surface area contributed by atoms with Gasteiger partial charge in [-0.3, -0.25) is 4.79 Å². The van der Waals surface area contributed by atoms with E-state index in [2.05, 4.69) is 21.2 Å². The van der Waals surface area contributed by atoms with E-state index >= 15 is 0 Å². The molecule has 5 nitrogen and oxygen atoms in total. The molecular weight excluding hydrogens is 435 g/mol. The molecule has 0 saturated carbocycles. The molecule has 10 heteroatoms. The highest BCUT2D eigenvalue weighted by Gasteiger charge is 2.27. The first-order valence-corrected chi connectivity index (χ1v) is 8.96. The van der Waals surface area contributed by atoms with Crippen LogP contribution in [-0.2, 0) is 6.54 Å². The molecule has 2 rings (SSSR count). The van der Waals surface area contributed by atoms with E-state index in [0.29, 0.717) is 12.2 Å². The largest absolute Gasteiger partial charge is 0.405 e. The van der Waals surface area contributed by atoms with Gasteiger partial charge in [0, 0.05) is 23.2 Å². The second-order valence-electron chi connectivity index (χ2n) is 5.37. The third kappa shape index (κ3) is 6.34. The summed E-state index contributed by atoms with van der Waals surface area (Å²) >= 11 is 4.88. The Bertz CT molecular complexity index is 778. The van der Waals surface area contributed by atoms with E-state index in [0.717, 1.165) is 8.66 Å². The Morgan fingerprint density at radius 1 is 1.15 bits per heavy atom. The standard InChI is InChI=1S/C16H15BrF3N3O2S/c1-23(8-12-6-7-13(17)26-12)15(25)22-11-4-2-10(3-5-11)14(24)21-9-16(18,19)20/h2-7H,8-9H2,1H3,(H,21,24)(H,22,25). The molecule has 26 heavy (non-hydrogen) atoms. The van der Waals surface area contributed by atoms with Gasteiger partial charge in [0.05, 0.1) is 10.3 Å². The van der Waals surface area contributed by atoms with Crippen molar-refractivity contribution in [2.75, 3.05) is 18.9 Å². The quantitative estimate of drug-likeness (QED) is 0.707. The fourth-order valence-corrected chi connectivity index (χ4v) is 3.49. The van der Waals surface area contributed by atoms with Crippen LogP contribution in [0.2, 0.25) is 0 Å². The molecule has 2 aromatic rings. The molecule has 1 aromatic carbocycles. The lowest BCUT2D eigenvalue weighted by Crippen LogP contribution is -2.33. The summed E-state index contributed by atoms with van der Waals surface area (Å²) in [4.78, 5) is 26.3. The van der Waals surface area contributed by atoms with Gasteiger partial charge in [0.15, 0.2) is 0 Å². The molecule has 0 radical (unpaired) electrons. The minimum Gasteiger partial charge on any atom is -0.343 e. The van der Waals surface area contributed by atoms with Crippen molar-refractivity contribution in [2.45, 2.75) is 12.7 Å². The molecule has 0 unspecified atom stereocenters. The minimum atomic E-state index is -4.47. The summed E-state index contributed by atoms with van der Waals surface area (Å²) < 4.78 is 37.3. The summed E-state index contributed by atoms with van der Waals surface area (Å²) in [6.45, 7) is -0.964. The van der Waals surface area contributed by atoms with Crippen LogP contribution >= 0.6 is 27.3 Å². The van der Waals surface area contributed by atoms with Gasteiger partial charge in [0.1, 0.15) is 6.54 Å². The molecule has 0 atom stereocenters. The Morgan fingerprint density at radius 3 is 2.35 bits per heavy atom. The van der Waals surface area contributed by atoms with Crippen LogP contribution in [0.4, 0.5) is 23.7 Å². The zero-order valence-corrected chi connectivity index (χ0v) is 16.0. The van der Waals surface area contributed by atoms with Crippen molar-refractivity contribution in [1.82, 2.24) is 10.2 Å². The fraction of sp³-hybridized carbons (Fsp3) is 0.250. The van der Waals surface area contributed by atoms with E-state index in [9.17, 15) is 22.8 Å². The highest BCUT2D eigenvalue weighted by atomic mass is 79.9. The highest BCUT2D eigenvalue weighted by Crippen LogP contribution is 2.23. The molecule has 0 aliphatic heterocycles. The highest BCUT2D eigenvalue weighted by molar-refractivity contribution is 9.11. The maximum absolute atomic E-state index is 12.2. The summed E-state index contributed by atoms with van der Waals surface area (Å²) in [5, 5.41) is 4.44. The van der Waals surface area contributed by atoms with Crippen LogP contribution in [0.3, 0.4) is 0 Å². The number of rotatable bonds is 5. The lowest BCUT2D eigenvalue weighted by Gasteiger charge is -2.17. The van der Waals surface area contributed by atoms with Gasteiger partial charge in [-0.25, -0.2) is 4.79 Å². The maximum Gasteiger partial charge on any atom is 0.405 e. The Hall–Kier alpha value is -2.07. The average molecular weight is 450 g/mol. The number of benzene rings is 1. The van der Waals surface area contributed by atoms with Crippen LogP contribution < -0.4 is 10.6 Å². The van der Waals surface area contributed by atoms with Crippen LogP contribution in [0.25, 0.3) is 0 Å². The predicted octanol–water partition coefficient (Wildman–Crippen LogP) is 4.47. The van der Waals surface area contributed by atoms with E-state index in [4.69, 9.17) is 0 Å². The third-order valence-corrected chi connectivity index (χ3v) is 4.82. The first-order valence-electron chi connectivity index (χ1n) is 7.35. The van der Waals surface area contributed by atoms with E-state index in [1.54, 1.807) is 12.4 Å². The van der Waals surface area contributed by atoms with Crippen LogP contribution in [0.15, 0.2) is 40.2 Å². The minimum absolute atomic E-state index is 0.0732. The smallest absolute Gasteiger partial charge is 0.343 e. The van der Waals surface area contributed by atoms with Gasteiger partial charge in [-0.15, -0.1) is 11.3 Å². The number of alkyl halides is 3. The first-order chi connectivity index (χ1) is 12.1. The Labute approximate surface area is 160 Å². The van der Waals surface area contributed by atoms with Crippen molar-refractivity contribution in [2.24, 2.45) is 0 Å². The third-order valence-electron chi connectivity index (χ3n) is 3.22. The number of thiophene rings is 1. The summed E-state index contributed by atoms with van der Waals surface area (Å²) in [5.74, 6) is -0.833. The van der Waals surface area contributed by atoms with E-state index in [-0.39, 0.29) is 11.6 Å². The molecule has 0 bridgehead atoms. The van der Waals surface area contributed by atoms with Gasteiger partial charge in [0.25, 0.3) is 5.91 Å². The summed E-state index contributed by atoms with van der Waals surface area (Å²) in [7, 11) is 1.64. The van der Waals surface area contributed by atoms with E-state index in [1.807, 2.05) is 12.1 Å². The zero-order chi connectivity index (χ0) is 19.3. The summed E-state index contributed by atoms with van der Waals surface area (Å²) in [5.41, 5.74) is 0.505. The second-order valence-corrected chi connectivity index (χ2v) is 7.91. The Morgan fingerprint density at radius 2 is 1.81 bits per heavy atom. The van der Waals surface area contributed by atoms with E-state index < -0.39 is 18.6 Å². The average Bonchev–Trinajstić information content (AvgIpc) is 2.97. The second kappa shape index (κ2) is 8.54.